The number of carboxylic acids is 1. The van der Waals surface area contributed by atoms with Gasteiger partial charge in [-0.2, -0.15) is 0 Å². The van der Waals surface area contributed by atoms with E-state index in [2.05, 4.69) is 6.92 Å². The topological polar surface area (TPSA) is 66.8 Å². The Balaban J connectivity index is 3.38. The minimum atomic E-state index is -1.30. The van der Waals surface area contributed by atoms with Crippen molar-refractivity contribution in [3.05, 3.63) is 0 Å². The molecule has 0 rings (SSSR count). The van der Waals surface area contributed by atoms with E-state index < -0.39 is 18.4 Å². The highest BCUT2D eigenvalue weighted by Gasteiger charge is 2.21. The van der Waals surface area contributed by atoms with E-state index in [0.29, 0.717) is 6.42 Å². The summed E-state index contributed by atoms with van der Waals surface area (Å²) in [5.74, 6) is -2.35. The van der Waals surface area contributed by atoms with Gasteiger partial charge >= 0.3 is 5.97 Å². The predicted molar refractivity (Wildman–Crippen MR) is 71.4 cm³/mol. The van der Waals surface area contributed by atoms with E-state index in [1.54, 1.807) is 0 Å². The zero-order chi connectivity index (χ0) is 13.9. The SMILES string of the molecule is CCCCCCCCCCC(C)(O)OCC(=O)O. The Morgan fingerprint density at radius 3 is 2.06 bits per heavy atom. The van der Waals surface area contributed by atoms with Crippen LogP contribution >= 0.6 is 0 Å². The summed E-state index contributed by atoms with van der Waals surface area (Å²) in [6.45, 7) is 3.29. The molecule has 0 aliphatic carbocycles. The molecule has 0 aliphatic heterocycles. The van der Waals surface area contributed by atoms with Gasteiger partial charge in [-0.25, -0.2) is 4.79 Å². The molecule has 0 aliphatic rings. The van der Waals surface area contributed by atoms with Gasteiger partial charge in [0.25, 0.3) is 0 Å². The third-order valence-corrected chi connectivity index (χ3v) is 3.00. The van der Waals surface area contributed by atoms with Crippen molar-refractivity contribution in [3.63, 3.8) is 0 Å². The van der Waals surface area contributed by atoms with Gasteiger partial charge in [0.2, 0.25) is 0 Å². The number of aliphatic carboxylic acids is 1. The first-order valence-electron chi connectivity index (χ1n) is 7.06. The minimum Gasteiger partial charge on any atom is -0.480 e. The Labute approximate surface area is 110 Å². The number of hydrogen-bond donors (Lipinski definition) is 2. The normalized spacial score (nSPS) is 14.4. The Morgan fingerprint density at radius 1 is 1.06 bits per heavy atom. The molecule has 2 N–H and O–H groups in total. The maximum atomic E-state index is 10.3. The average molecular weight is 260 g/mol. The molecule has 18 heavy (non-hydrogen) atoms. The van der Waals surface area contributed by atoms with Crippen LogP contribution in [-0.2, 0) is 9.53 Å². The highest BCUT2D eigenvalue weighted by atomic mass is 16.6. The first kappa shape index (κ1) is 17.4. The van der Waals surface area contributed by atoms with Crippen molar-refractivity contribution >= 4 is 5.97 Å². The molecular formula is C14H28O4. The molecule has 0 amide bonds. The Morgan fingerprint density at radius 2 is 1.56 bits per heavy atom. The number of rotatable bonds is 12. The van der Waals surface area contributed by atoms with E-state index in [0.717, 1.165) is 12.8 Å². The lowest BCUT2D eigenvalue weighted by Gasteiger charge is -2.22. The van der Waals surface area contributed by atoms with Crippen molar-refractivity contribution in [2.24, 2.45) is 0 Å². The van der Waals surface area contributed by atoms with Gasteiger partial charge in [-0.1, -0.05) is 51.9 Å². The summed E-state index contributed by atoms with van der Waals surface area (Å²) < 4.78 is 4.91. The molecule has 0 spiro atoms. The number of hydrogen-bond acceptors (Lipinski definition) is 3. The lowest BCUT2D eigenvalue weighted by molar-refractivity contribution is -0.202. The smallest absolute Gasteiger partial charge is 0.329 e. The van der Waals surface area contributed by atoms with Crippen LogP contribution in [0.2, 0.25) is 0 Å². The maximum absolute atomic E-state index is 10.3. The van der Waals surface area contributed by atoms with Gasteiger partial charge in [-0.15, -0.1) is 0 Å². The molecule has 1 atom stereocenters. The number of ether oxygens (including phenoxy) is 1. The van der Waals surface area contributed by atoms with Crippen LogP contribution in [0.25, 0.3) is 0 Å². The average Bonchev–Trinajstić information content (AvgIpc) is 2.30. The molecular weight excluding hydrogens is 232 g/mol. The highest BCUT2D eigenvalue weighted by molar-refractivity contribution is 5.68. The monoisotopic (exact) mass is 260 g/mol. The van der Waals surface area contributed by atoms with Crippen LogP contribution in [0.1, 0.15) is 71.6 Å². The fraction of sp³-hybridized carbons (Fsp3) is 0.929. The summed E-state index contributed by atoms with van der Waals surface area (Å²) in [6.07, 6.45) is 10.1. The highest BCUT2D eigenvalue weighted by Crippen LogP contribution is 2.17. The van der Waals surface area contributed by atoms with Crippen LogP contribution in [-0.4, -0.2) is 28.6 Å². The molecule has 4 heteroatoms. The molecule has 0 radical (unpaired) electrons. The van der Waals surface area contributed by atoms with E-state index in [1.807, 2.05) is 0 Å². The first-order valence-corrected chi connectivity index (χ1v) is 7.06. The molecule has 0 bridgehead atoms. The second kappa shape index (κ2) is 10.3. The van der Waals surface area contributed by atoms with Gasteiger partial charge in [-0.3, -0.25) is 0 Å². The van der Waals surface area contributed by atoms with Gasteiger partial charge in [-0.05, 0) is 13.3 Å². The van der Waals surface area contributed by atoms with Crippen molar-refractivity contribution in [1.82, 2.24) is 0 Å². The Hall–Kier alpha value is -0.610. The molecule has 1 unspecified atom stereocenters. The van der Waals surface area contributed by atoms with Crippen LogP contribution in [0.15, 0.2) is 0 Å². The van der Waals surface area contributed by atoms with Gasteiger partial charge in [0.15, 0.2) is 5.79 Å². The van der Waals surface area contributed by atoms with E-state index in [1.165, 1.54) is 45.4 Å². The fourth-order valence-electron chi connectivity index (χ4n) is 1.88. The largest absolute Gasteiger partial charge is 0.480 e. The predicted octanol–water partition coefficient (Wildman–Crippen LogP) is 3.33. The summed E-state index contributed by atoms with van der Waals surface area (Å²) in [5.41, 5.74) is 0. The van der Waals surface area contributed by atoms with Crippen molar-refractivity contribution in [2.75, 3.05) is 6.61 Å². The summed E-state index contributed by atoms with van der Waals surface area (Å²) in [7, 11) is 0. The number of carbonyl (C=O) groups is 1. The van der Waals surface area contributed by atoms with Gasteiger partial charge < -0.3 is 14.9 Å². The van der Waals surface area contributed by atoms with Crippen molar-refractivity contribution in [1.29, 1.82) is 0 Å². The van der Waals surface area contributed by atoms with Gasteiger partial charge in [0.05, 0.1) is 0 Å². The second-order valence-corrected chi connectivity index (χ2v) is 5.08. The molecule has 0 fully saturated rings. The van der Waals surface area contributed by atoms with Crippen LogP contribution in [0.4, 0.5) is 0 Å². The molecule has 0 saturated heterocycles. The van der Waals surface area contributed by atoms with Crippen LogP contribution in [0.3, 0.4) is 0 Å². The lowest BCUT2D eigenvalue weighted by Crippen LogP contribution is -2.30. The third-order valence-electron chi connectivity index (χ3n) is 3.00. The summed E-state index contributed by atoms with van der Waals surface area (Å²) in [6, 6.07) is 0. The van der Waals surface area contributed by atoms with E-state index in [9.17, 15) is 9.90 Å². The van der Waals surface area contributed by atoms with Crippen molar-refractivity contribution < 1.29 is 19.7 Å². The zero-order valence-corrected chi connectivity index (χ0v) is 11.8. The fourth-order valence-corrected chi connectivity index (χ4v) is 1.88. The van der Waals surface area contributed by atoms with E-state index >= 15 is 0 Å². The van der Waals surface area contributed by atoms with Gasteiger partial charge in [0, 0.05) is 6.42 Å². The second-order valence-electron chi connectivity index (χ2n) is 5.08. The first-order chi connectivity index (χ1) is 8.48. The minimum absolute atomic E-state index is 0.440. The summed E-state index contributed by atoms with van der Waals surface area (Å²) >= 11 is 0. The zero-order valence-electron chi connectivity index (χ0n) is 11.8. The molecule has 0 aromatic rings. The van der Waals surface area contributed by atoms with E-state index in [4.69, 9.17) is 9.84 Å². The number of unbranched alkanes of at least 4 members (excludes halogenated alkanes) is 7. The number of aliphatic hydroxyl groups is 1. The molecule has 4 nitrogen and oxygen atoms in total. The Kier molecular flexibility index (Phi) is 9.98. The lowest BCUT2D eigenvalue weighted by atomic mass is 10.0. The molecule has 0 aromatic carbocycles. The quantitative estimate of drug-likeness (QED) is 0.417. The van der Waals surface area contributed by atoms with Gasteiger partial charge in [0.1, 0.15) is 6.61 Å². The Bertz CT molecular complexity index is 214. The summed E-state index contributed by atoms with van der Waals surface area (Å²) in [4.78, 5) is 10.3. The molecule has 0 saturated carbocycles. The van der Waals surface area contributed by atoms with Crippen molar-refractivity contribution in [2.45, 2.75) is 77.4 Å². The van der Waals surface area contributed by atoms with Crippen LogP contribution in [0, 0.1) is 0 Å². The molecule has 0 aromatic heterocycles. The standard InChI is InChI=1S/C14H28O4/c1-3-4-5-6-7-8-9-10-11-14(2,17)18-12-13(15)16/h17H,3-12H2,1-2H3,(H,15,16). The summed E-state index contributed by atoms with van der Waals surface area (Å²) in [5, 5.41) is 18.2. The van der Waals surface area contributed by atoms with Crippen LogP contribution in [0.5, 0.6) is 0 Å². The maximum Gasteiger partial charge on any atom is 0.329 e. The molecule has 108 valence electrons. The third kappa shape index (κ3) is 11.9. The number of carboxylic acid groups (broad SMARTS) is 1. The van der Waals surface area contributed by atoms with E-state index in [-0.39, 0.29) is 0 Å². The molecule has 0 heterocycles. The van der Waals surface area contributed by atoms with Crippen molar-refractivity contribution in [3.8, 4) is 0 Å². The van der Waals surface area contributed by atoms with Crippen LogP contribution < -0.4 is 0 Å².